The zero-order valence-corrected chi connectivity index (χ0v) is 17.6. The van der Waals surface area contributed by atoms with Crippen molar-refractivity contribution in [3.05, 3.63) is 16.3 Å². The Morgan fingerprint density at radius 1 is 1.21 bits per heavy atom. The van der Waals surface area contributed by atoms with Gasteiger partial charge in [-0.1, -0.05) is 0 Å². The summed E-state index contributed by atoms with van der Waals surface area (Å²) < 4.78 is 0. The summed E-state index contributed by atoms with van der Waals surface area (Å²) in [5, 5.41) is 1.11. The van der Waals surface area contributed by atoms with Crippen LogP contribution in [0, 0.1) is 11.8 Å². The van der Waals surface area contributed by atoms with Gasteiger partial charge >= 0.3 is 0 Å². The summed E-state index contributed by atoms with van der Waals surface area (Å²) in [5.74, 6) is 2.95. The number of piperidine rings is 1. The number of thiophene rings is 1. The molecule has 5 rings (SSSR count). The molecular weight excluding hydrogens is 370 g/mol. The number of amides is 1. The number of fused-ring (bicyclic) bond motifs is 4. The van der Waals surface area contributed by atoms with Crippen LogP contribution in [-0.2, 0) is 24.2 Å². The van der Waals surface area contributed by atoms with Gasteiger partial charge in [-0.3, -0.25) is 9.69 Å². The normalized spacial score (nSPS) is 27.5. The minimum atomic E-state index is 0.299. The Labute approximate surface area is 170 Å². The number of carbonyl (C=O) groups excluding carboxylic acids is 1. The first kappa shape index (κ1) is 18.3. The monoisotopic (exact) mass is 399 g/mol. The Morgan fingerprint density at radius 2 is 2.00 bits per heavy atom. The molecule has 7 heteroatoms. The third kappa shape index (κ3) is 3.08. The van der Waals surface area contributed by atoms with E-state index < -0.39 is 0 Å². The lowest BCUT2D eigenvalue weighted by molar-refractivity contribution is -0.134. The molecule has 3 atom stereocenters. The molecule has 150 valence electrons. The number of nitrogens with two attached hydrogens (primary N) is 1. The lowest BCUT2D eigenvalue weighted by Crippen LogP contribution is -2.39. The van der Waals surface area contributed by atoms with Crippen molar-refractivity contribution in [1.29, 1.82) is 0 Å². The molecule has 6 nitrogen and oxygen atoms in total. The van der Waals surface area contributed by atoms with Gasteiger partial charge in [-0.05, 0) is 63.0 Å². The topological polar surface area (TPSA) is 75.3 Å². The van der Waals surface area contributed by atoms with Crippen LogP contribution < -0.4 is 5.73 Å². The molecule has 1 saturated carbocycles. The van der Waals surface area contributed by atoms with Gasteiger partial charge in [-0.25, -0.2) is 9.97 Å². The summed E-state index contributed by atoms with van der Waals surface area (Å²) in [6.45, 7) is 1.63. The van der Waals surface area contributed by atoms with Crippen molar-refractivity contribution in [2.75, 3.05) is 26.4 Å². The predicted molar refractivity (Wildman–Crippen MR) is 112 cm³/mol. The van der Waals surface area contributed by atoms with Gasteiger partial charge in [0.05, 0.1) is 11.9 Å². The molecule has 2 aromatic heterocycles. The number of aromatic nitrogens is 2. The third-order valence-electron chi connectivity index (χ3n) is 7.09. The number of hydrogen-bond acceptors (Lipinski definition) is 6. The average Bonchev–Trinajstić information content (AvgIpc) is 3.23. The first-order valence-corrected chi connectivity index (χ1v) is 11.3. The summed E-state index contributed by atoms with van der Waals surface area (Å²) in [4.78, 5) is 28.4. The number of anilines is 1. The summed E-state index contributed by atoms with van der Waals surface area (Å²) in [6, 6.07) is 0.492. The van der Waals surface area contributed by atoms with Gasteiger partial charge < -0.3 is 10.6 Å². The highest BCUT2D eigenvalue weighted by molar-refractivity contribution is 7.19. The van der Waals surface area contributed by atoms with Crippen LogP contribution in [-0.4, -0.2) is 52.4 Å². The van der Waals surface area contributed by atoms with Gasteiger partial charge in [0.1, 0.15) is 16.5 Å². The van der Waals surface area contributed by atoms with E-state index >= 15 is 0 Å². The van der Waals surface area contributed by atoms with Crippen molar-refractivity contribution in [2.45, 2.75) is 57.5 Å². The molecule has 0 spiro atoms. The second-order valence-corrected chi connectivity index (χ2v) is 10.0. The quantitative estimate of drug-likeness (QED) is 0.859. The first-order chi connectivity index (χ1) is 13.5. The number of rotatable bonds is 3. The van der Waals surface area contributed by atoms with Gasteiger partial charge in [0, 0.05) is 30.9 Å². The molecule has 0 aromatic carbocycles. The maximum Gasteiger partial charge on any atom is 0.222 e. The second kappa shape index (κ2) is 6.95. The van der Waals surface area contributed by atoms with Crippen molar-refractivity contribution in [1.82, 2.24) is 19.8 Å². The largest absolute Gasteiger partial charge is 0.383 e. The van der Waals surface area contributed by atoms with Crippen LogP contribution in [0.25, 0.3) is 10.2 Å². The highest BCUT2D eigenvalue weighted by Crippen LogP contribution is 2.41. The maximum atomic E-state index is 12.0. The standard InChI is InChI=1S/C21H29N5OS/c1-25(14-7-12-9-18(27)26(2)10-13(12)8-14)11-17-23-20(22)19-15-5-3-4-6-16(15)28-21(19)24-17/h12-14H,3-11H2,1-2H3,(H2,22,23,24)/t12-,13-,14?/m0/s1. The number of likely N-dealkylation sites (tertiary alicyclic amines) is 1. The molecule has 28 heavy (non-hydrogen) atoms. The molecule has 2 N–H and O–H groups in total. The molecule has 2 aliphatic carbocycles. The van der Waals surface area contributed by atoms with E-state index in [1.54, 1.807) is 0 Å². The van der Waals surface area contributed by atoms with E-state index in [0.29, 0.717) is 36.0 Å². The zero-order chi connectivity index (χ0) is 19.4. The van der Waals surface area contributed by atoms with Crippen molar-refractivity contribution in [3.63, 3.8) is 0 Å². The highest BCUT2D eigenvalue weighted by atomic mass is 32.1. The molecule has 2 fully saturated rings. The minimum Gasteiger partial charge on any atom is -0.383 e. The van der Waals surface area contributed by atoms with Crippen LogP contribution in [0.1, 0.15) is 48.4 Å². The third-order valence-corrected chi connectivity index (χ3v) is 8.28. The van der Waals surface area contributed by atoms with Crippen molar-refractivity contribution < 1.29 is 4.79 Å². The van der Waals surface area contributed by atoms with E-state index in [9.17, 15) is 4.79 Å². The van der Waals surface area contributed by atoms with Crippen LogP contribution in [0.4, 0.5) is 5.82 Å². The Hall–Kier alpha value is -1.73. The van der Waals surface area contributed by atoms with Crippen LogP contribution in [0.15, 0.2) is 0 Å². The fourth-order valence-corrected chi connectivity index (χ4v) is 6.79. The Morgan fingerprint density at radius 3 is 2.86 bits per heavy atom. The van der Waals surface area contributed by atoms with Gasteiger partial charge in [0.25, 0.3) is 0 Å². The molecular formula is C21H29N5OS. The van der Waals surface area contributed by atoms with Crippen LogP contribution in [0.3, 0.4) is 0 Å². The van der Waals surface area contributed by atoms with Gasteiger partial charge in [-0.15, -0.1) is 11.3 Å². The molecule has 1 unspecified atom stereocenters. The second-order valence-electron chi connectivity index (χ2n) is 8.96. The van der Waals surface area contributed by atoms with Gasteiger partial charge in [0.2, 0.25) is 5.91 Å². The smallest absolute Gasteiger partial charge is 0.222 e. The predicted octanol–water partition coefficient (Wildman–Crippen LogP) is 2.84. The average molecular weight is 400 g/mol. The SMILES string of the molecule is CN1C[C@@H]2CC(N(C)Cc3nc(N)c4c5c(sc4n3)CCCC5)C[C@H]2CC1=O. The highest BCUT2D eigenvalue weighted by Gasteiger charge is 2.41. The number of carbonyl (C=O) groups is 1. The van der Waals surface area contributed by atoms with Crippen molar-refractivity contribution >= 4 is 33.3 Å². The van der Waals surface area contributed by atoms with Gasteiger partial charge in [-0.2, -0.15) is 0 Å². The van der Waals surface area contributed by atoms with E-state index in [-0.39, 0.29) is 0 Å². The summed E-state index contributed by atoms with van der Waals surface area (Å²) in [7, 11) is 4.10. The number of nitrogens with zero attached hydrogens (tertiary/aromatic N) is 4. The Balaban J connectivity index is 1.33. The Bertz CT molecular complexity index is 925. The number of aryl methyl sites for hydroxylation is 2. The summed E-state index contributed by atoms with van der Waals surface area (Å²) in [5.41, 5.74) is 7.78. The van der Waals surface area contributed by atoms with Crippen LogP contribution in [0.2, 0.25) is 0 Å². The zero-order valence-electron chi connectivity index (χ0n) is 16.8. The molecule has 3 heterocycles. The van der Waals surface area contributed by atoms with Crippen molar-refractivity contribution in [3.8, 4) is 0 Å². The molecule has 0 radical (unpaired) electrons. The molecule has 0 bridgehead atoms. The van der Waals surface area contributed by atoms with Gasteiger partial charge in [0.15, 0.2) is 0 Å². The Kier molecular flexibility index (Phi) is 4.55. The first-order valence-electron chi connectivity index (χ1n) is 10.5. The van der Waals surface area contributed by atoms with E-state index in [1.807, 2.05) is 23.3 Å². The molecule has 1 aliphatic heterocycles. The molecule has 3 aliphatic rings. The summed E-state index contributed by atoms with van der Waals surface area (Å²) >= 11 is 1.81. The van der Waals surface area contributed by atoms with Crippen LogP contribution >= 0.6 is 11.3 Å². The molecule has 1 saturated heterocycles. The number of nitrogen functional groups attached to an aromatic ring is 1. The lowest BCUT2D eigenvalue weighted by Gasteiger charge is -2.31. The maximum absolute atomic E-state index is 12.0. The fraction of sp³-hybridized carbons (Fsp3) is 0.667. The fourth-order valence-electron chi connectivity index (χ4n) is 5.50. The summed E-state index contributed by atoms with van der Waals surface area (Å²) in [6.07, 6.45) is 7.75. The molecule has 2 aromatic rings. The molecule has 1 amide bonds. The van der Waals surface area contributed by atoms with E-state index in [4.69, 9.17) is 10.7 Å². The van der Waals surface area contributed by atoms with Crippen LogP contribution in [0.5, 0.6) is 0 Å². The lowest BCUT2D eigenvalue weighted by atomic mass is 9.88. The number of hydrogen-bond donors (Lipinski definition) is 1. The van der Waals surface area contributed by atoms with E-state index in [2.05, 4.69) is 16.9 Å². The van der Waals surface area contributed by atoms with E-state index in [0.717, 1.165) is 54.8 Å². The van der Waals surface area contributed by atoms with Crippen molar-refractivity contribution in [2.24, 2.45) is 11.8 Å². The minimum absolute atomic E-state index is 0.299. The van der Waals surface area contributed by atoms with E-state index in [1.165, 1.54) is 23.3 Å².